The smallest absolute Gasteiger partial charge is 0.329 e. The third-order valence-corrected chi connectivity index (χ3v) is 4.42. The van der Waals surface area contributed by atoms with Crippen molar-refractivity contribution in [1.29, 1.82) is 0 Å². The summed E-state index contributed by atoms with van der Waals surface area (Å²) < 4.78 is 0. The molecule has 2 N–H and O–H groups in total. The first-order valence-electron chi connectivity index (χ1n) is 7.65. The number of hydrogen-bond acceptors (Lipinski definition) is 2. The average Bonchev–Trinajstić information content (AvgIpc) is 2.74. The van der Waals surface area contributed by atoms with E-state index in [4.69, 9.17) is 0 Å². The molecule has 0 bridgehead atoms. The van der Waals surface area contributed by atoms with Gasteiger partial charge in [-0.25, -0.2) is 4.79 Å². The van der Waals surface area contributed by atoms with E-state index in [9.17, 15) is 14.7 Å². The van der Waals surface area contributed by atoms with Gasteiger partial charge >= 0.3 is 5.97 Å². The summed E-state index contributed by atoms with van der Waals surface area (Å²) in [6, 6.07) is 9.46. The lowest BCUT2D eigenvalue weighted by Crippen LogP contribution is -2.55. The standard InChI is InChI=1S/C17H23NO3/c1-13(14-9-5-4-6-10-14)15(19)18-17(16(20)21)11-7-2-3-8-12-17/h4-6,9-10,13H,2-3,7-8,11-12H2,1H3,(H,18,19)(H,20,21). The molecule has 0 heterocycles. The molecule has 1 atom stereocenters. The third kappa shape index (κ3) is 3.63. The number of nitrogens with one attached hydrogen (secondary N) is 1. The van der Waals surface area contributed by atoms with Crippen LogP contribution in [0.3, 0.4) is 0 Å². The van der Waals surface area contributed by atoms with E-state index in [0.717, 1.165) is 31.2 Å². The van der Waals surface area contributed by atoms with Crippen LogP contribution in [-0.4, -0.2) is 22.5 Å². The second-order valence-electron chi connectivity index (χ2n) is 5.92. The van der Waals surface area contributed by atoms with Gasteiger partial charge in [0.2, 0.25) is 5.91 Å². The highest BCUT2D eigenvalue weighted by Gasteiger charge is 2.40. The van der Waals surface area contributed by atoms with Gasteiger partial charge < -0.3 is 10.4 Å². The van der Waals surface area contributed by atoms with Gasteiger partial charge in [0.05, 0.1) is 5.92 Å². The fraction of sp³-hybridized carbons (Fsp3) is 0.529. The van der Waals surface area contributed by atoms with E-state index in [-0.39, 0.29) is 11.8 Å². The number of carbonyl (C=O) groups excluding carboxylic acids is 1. The zero-order valence-corrected chi connectivity index (χ0v) is 12.5. The van der Waals surface area contributed by atoms with Crippen LogP contribution in [0, 0.1) is 0 Å². The summed E-state index contributed by atoms with van der Waals surface area (Å²) in [5.74, 6) is -1.45. The average molecular weight is 289 g/mol. The molecule has 0 spiro atoms. The number of carboxylic acid groups (broad SMARTS) is 1. The first-order valence-corrected chi connectivity index (χ1v) is 7.65. The molecule has 4 nitrogen and oxygen atoms in total. The Hall–Kier alpha value is -1.84. The number of carboxylic acids is 1. The van der Waals surface area contributed by atoms with Gasteiger partial charge in [0, 0.05) is 0 Å². The molecule has 0 aromatic heterocycles. The third-order valence-electron chi connectivity index (χ3n) is 4.42. The van der Waals surface area contributed by atoms with Gasteiger partial charge in [0.15, 0.2) is 0 Å². The maximum Gasteiger partial charge on any atom is 0.329 e. The molecule has 1 unspecified atom stereocenters. The Labute approximate surface area is 125 Å². The van der Waals surface area contributed by atoms with Crippen molar-refractivity contribution in [3.63, 3.8) is 0 Å². The minimum Gasteiger partial charge on any atom is -0.480 e. The van der Waals surface area contributed by atoms with E-state index in [1.807, 2.05) is 37.3 Å². The van der Waals surface area contributed by atoms with Crippen LogP contribution in [0.4, 0.5) is 0 Å². The van der Waals surface area contributed by atoms with Gasteiger partial charge in [-0.15, -0.1) is 0 Å². The number of hydrogen-bond donors (Lipinski definition) is 2. The summed E-state index contributed by atoms with van der Waals surface area (Å²) in [4.78, 5) is 24.2. The van der Waals surface area contributed by atoms with Gasteiger partial charge in [-0.3, -0.25) is 4.79 Å². The van der Waals surface area contributed by atoms with Crippen molar-refractivity contribution in [3.8, 4) is 0 Å². The molecular weight excluding hydrogens is 266 g/mol. The Bertz CT molecular complexity index is 490. The minimum absolute atomic E-state index is 0.203. The molecule has 1 saturated carbocycles. The highest BCUT2D eigenvalue weighted by molar-refractivity contribution is 5.90. The second kappa shape index (κ2) is 6.74. The number of benzene rings is 1. The molecule has 1 aliphatic rings. The quantitative estimate of drug-likeness (QED) is 0.837. The van der Waals surface area contributed by atoms with Crippen LogP contribution < -0.4 is 5.32 Å². The van der Waals surface area contributed by atoms with E-state index in [1.165, 1.54) is 0 Å². The summed E-state index contributed by atoms with van der Waals surface area (Å²) in [6.07, 6.45) is 4.84. The molecular formula is C17H23NO3. The lowest BCUT2D eigenvalue weighted by Gasteiger charge is -2.30. The Morgan fingerprint density at radius 3 is 2.19 bits per heavy atom. The van der Waals surface area contributed by atoms with E-state index < -0.39 is 11.5 Å². The minimum atomic E-state index is -1.09. The Balaban J connectivity index is 2.13. The van der Waals surface area contributed by atoms with Gasteiger partial charge in [0.1, 0.15) is 5.54 Å². The molecule has 0 aliphatic heterocycles. The van der Waals surface area contributed by atoms with E-state index in [0.29, 0.717) is 12.8 Å². The van der Waals surface area contributed by atoms with Crippen LogP contribution in [0.15, 0.2) is 30.3 Å². The van der Waals surface area contributed by atoms with E-state index in [2.05, 4.69) is 5.32 Å². The molecule has 21 heavy (non-hydrogen) atoms. The largest absolute Gasteiger partial charge is 0.480 e. The van der Waals surface area contributed by atoms with Crippen molar-refractivity contribution in [2.45, 2.75) is 56.9 Å². The van der Waals surface area contributed by atoms with Gasteiger partial charge in [0.25, 0.3) is 0 Å². The number of amides is 1. The molecule has 4 heteroatoms. The number of carbonyl (C=O) groups is 2. The van der Waals surface area contributed by atoms with E-state index >= 15 is 0 Å². The molecule has 0 saturated heterocycles. The Morgan fingerprint density at radius 1 is 1.10 bits per heavy atom. The van der Waals surface area contributed by atoms with Crippen molar-refractivity contribution < 1.29 is 14.7 Å². The predicted octanol–water partition coefficient (Wildman–Crippen LogP) is 3.08. The van der Waals surface area contributed by atoms with Crippen molar-refractivity contribution in [3.05, 3.63) is 35.9 Å². The monoisotopic (exact) mass is 289 g/mol. The van der Waals surface area contributed by atoms with Crippen molar-refractivity contribution in [1.82, 2.24) is 5.32 Å². The Morgan fingerprint density at radius 2 is 1.67 bits per heavy atom. The summed E-state index contributed by atoms with van der Waals surface area (Å²) in [5, 5.41) is 12.4. The second-order valence-corrected chi connectivity index (χ2v) is 5.92. The van der Waals surface area contributed by atoms with E-state index in [1.54, 1.807) is 0 Å². The predicted molar refractivity (Wildman–Crippen MR) is 81.1 cm³/mol. The highest BCUT2D eigenvalue weighted by Crippen LogP contribution is 2.28. The first kappa shape index (κ1) is 15.5. The van der Waals surface area contributed by atoms with Crippen molar-refractivity contribution in [2.75, 3.05) is 0 Å². The van der Waals surface area contributed by atoms with Crippen LogP contribution in [0.25, 0.3) is 0 Å². The Kier molecular flexibility index (Phi) is 4.99. The lowest BCUT2D eigenvalue weighted by atomic mass is 9.88. The maximum atomic E-state index is 12.5. The molecule has 1 aromatic carbocycles. The van der Waals surface area contributed by atoms with Gasteiger partial charge in [-0.05, 0) is 25.3 Å². The zero-order valence-electron chi connectivity index (χ0n) is 12.5. The summed E-state index contributed by atoms with van der Waals surface area (Å²) in [7, 11) is 0. The molecule has 1 fully saturated rings. The molecule has 114 valence electrons. The summed E-state index contributed by atoms with van der Waals surface area (Å²) in [6.45, 7) is 1.82. The number of rotatable bonds is 4. The van der Waals surface area contributed by atoms with Gasteiger partial charge in [-0.1, -0.05) is 56.0 Å². The molecule has 2 rings (SSSR count). The molecule has 1 amide bonds. The topological polar surface area (TPSA) is 66.4 Å². The normalized spacial score (nSPS) is 19.3. The summed E-state index contributed by atoms with van der Waals surface area (Å²) >= 11 is 0. The number of aliphatic carboxylic acids is 1. The first-order chi connectivity index (χ1) is 10.1. The van der Waals surface area contributed by atoms with Crippen LogP contribution >= 0.6 is 0 Å². The lowest BCUT2D eigenvalue weighted by molar-refractivity contribution is -0.148. The maximum absolute atomic E-state index is 12.5. The van der Waals surface area contributed by atoms with Crippen LogP contribution in [0.2, 0.25) is 0 Å². The van der Waals surface area contributed by atoms with Gasteiger partial charge in [-0.2, -0.15) is 0 Å². The fourth-order valence-electron chi connectivity index (χ4n) is 2.96. The molecule has 1 aromatic rings. The van der Waals surface area contributed by atoms with Crippen LogP contribution in [0.5, 0.6) is 0 Å². The van der Waals surface area contributed by atoms with Crippen molar-refractivity contribution >= 4 is 11.9 Å². The fourth-order valence-corrected chi connectivity index (χ4v) is 2.96. The zero-order chi connectivity index (χ0) is 15.3. The molecule has 0 radical (unpaired) electrons. The van der Waals surface area contributed by atoms with Crippen molar-refractivity contribution in [2.24, 2.45) is 0 Å². The molecule has 1 aliphatic carbocycles. The summed E-state index contributed by atoms with van der Waals surface area (Å²) in [5.41, 5.74) is -0.180. The van der Waals surface area contributed by atoms with Crippen LogP contribution in [-0.2, 0) is 9.59 Å². The highest BCUT2D eigenvalue weighted by atomic mass is 16.4. The SMILES string of the molecule is CC(C(=O)NC1(C(=O)O)CCCCCC1)c1ccccc1. The van der Waals surface area contributed by atoms with Crippen LogP contribution in [0.1, 0.15) is 56.9 Å².